The Bertz CT molecular complexity index is 716. The summed E-state index contributed by atoms with van der Waals surface area (Å²) in [5, 5.41) is 7.66. The maximum Gasteiger partial charge on any atom is 0.235 e. The standard InChI is InChI=1S/C19H25N3O2/c1-4-22-15(3)17(14(2)21-22)20-18(23)19(10-12-24-13-11-19)16-8-6-5-7-9-16/h5-9H,4,10-13H2,1-3H3,(H,20,23). The summed E-state index contributed by atoms with van der Waals surface area (Å²) >= 11 is 0. The summed E-state index contributed by atoms with van der Waals surface area (Å²) in [6.07, 6.45) is 1.39. The third-order valence-electron chi connectivity index (χ3n) is 5.03. The van der Waals surface area contributed by atoms with Crippen LogP contribution < -0.4 is 5.32 Å². The summed E-state index contributed by atoms with van der Waals surface area (Å²) < 4.78 is 7.44. The van der Waals surface area contributed by atoms with Gasteiger partial charge in [-0.15, -0.1) is 0 Å². The van der Waals surface area contributed by atoms with Gasteiger partial charge in [0.05, 0.1) is 22.5 Å². The number of nitrogens with zero attached hydrogens (tertiary/aromatic N) is 2. The van der Waals surface area contributed by atoms with Crippen molar-refractivity contribution in [2.45, 2.75) is 45.6 Å². The highest BCUT2D eigenvalue weighted by Gasteiger charge is 2.42. The lowest BCUT2D eigenvalue weighted by Crippen LogP contribution is -2.45. The lowest BCUT2D eigenvalue weighted by atomic mass is 9.73. The van der Waals surface area contributed by atoms with Crippen LogP contribution in [0.15, 0.2) is 30.3 Å². The highest BCUT2D eigenvalue weighted by Crippen LogP contribution is 2.36. The first kappa shape index (κ1) is 16.7. The second-order valence-electron chi connectivity index (χ2n) is 6.38. The molecule has 0 aliphatic carbocycles. The molecule has 1 aromatic carbocycles. The van der Waals surface area contributed by atoms with E-state index in [1.807, 2.05) is 48.9 Å². The molecule has 1 saturated heterocycles. The van der Waals surface area contributed by atoms with Crippen LogP contribution >= 0.6 is 0 Å². The lowest BCUT2D eigenvalue weighted by molar-refractivity contribution is -0.125. The number of rotatable bonds is 4. The molecule has 0 atom stereocenters. The van der Waals surface area contributed by atoms with E-state index in [0.29, 0.717) is 26.1 Å². The molecule has 0 unspecified atom stereocenters. The molecule has 5 heteroatoms. The minimum atomic E-state index is -0.535. The highest BCUT2D eigenvalue weighted by molar-refractivity contribution is 6.00. The first-order valence-electron chi connectivity index (χ1n) is 8.57. The minimum absolute atomic E-state index is 0.0406. The number of ether oxygens (including phenoxy) is 1. The maximum atomic E-state index is 13.3. The summed E-state index contributed by atoms with van der Waals surface area (Å²) in [5.74, 6) is 0.0406. The SMILES string of the molecule is CCn1nc(C)c(NC(=O)C2(c3ccccc3)CCOCC2)c1C. The van der Waals surface area contributed by atoms with Crippen molar-refractivity contribution in [3.63, 3.8) is 0 Å². The summed E-state index contributed by atoms with van der Waals surface area (Å²) in [6.45, 7) is 7.99. The molecule has 1 aliphatic heterocycles. The molecule has 2 aromatic rings. The summed E-state index contributed by atoms with van der Waals surface area (Å²) in [5.41, 5.74) is 3.22. The normalized spacial score (nSPS) is 16.8. The first-order valence-corrected chi connectivity index (χ1v) is 8.57. The van der Waals surface area contributed by atoms with E-state index in [-0.39, 0.29) is 5.91 Å². The molecule has 24 heavy (non-hydrogen) atoms. The third kappa shape index (κ3) is 2.84. The number of hydrogen-bond acceptors (Lipinski definition) is 3. The van der Waals surface area contributed by atoms with Gasteiger partial charge in [0.2, 0.25) is 5.91 Å². The number of aromatic nitrogens is 2. The average molecular weight is 327 g/mol. The molecule has 1 aromatic heterocycles. The van der Waals surface area contributed by atoms with Crippen molar-refractivity contribution in [2.24, 2.45) is 0 Å². The van der Waals surface area contributed by atoms with Gasteiger partial charge in [-0.1, -0.05) is 30.3 Å². The van der Waals surface area contributed by atoms with E-state index in [4.69, 9.17) is 4.74 Å². The number of aryl methyl sites for hydroxylation is 2. The Kier molecular flexibility index (Phi) is 4.71. The molecule has 5 nitrogen and oxygen atoms in total. The van der Waals surface area contributed by atoms with Crippen LogP contribution in [-0.4, -0.2) is 28.9 Å². The molecule has 0 spiro atoms. The zero-order valence-electron chi connectivity index (χ0n) is 14.6. The zero-order chi connectivity index (χ0) is 17.2. The monoisotopic (exact) mass is 327 g/mol. The van der Waals surface area contributed by atoms with E-state index in [0.717, 1.165) is 29.2 Å². The van der Waals surface area contributed by atoms with E-state index < -0.39 is 5.41 Å². The van der Waals surface area contributed by atoms with E-state index in [2.05, 4.69) is 17.3 Å². The summed E-state index contributed by atoms with van der Waals surface area (Å²) in [7, 11) is 0. The van der Waals surface area contributed by atoms with Gasteiger partial charge in [0.1, 0.15) is 0 Å². The van der Waals surface area contributed by atoms with E-state index >= 15 is 0 Å². The van der Waals surface area contributed by atoms with Crippen molar-refractivity contribution >= 4 is 11.6 Å². The van der Waals surface area contributed by atoms with Gasteiger partial charge in [0, 0.05) is 19.8 Å². The summed E-state index contributed by atoms with van der Waals surface area (Å²) in [4.78, 5) is 13.3. The Morgan fingerprint density at radius 3 is 2.50 bits per heavy atom. The molecule has 0 bridgehead atoms. The molecule has 2 heterocycles. The second-order valence-corrected chi connectivity index (χ2v) is 6.38. The van der Waals surface area contributed by atoms with Gasteiger partial charge in [0.15, 0.2) is 0 Å². The quantitative estimate of drug-likeness (QED) is 0.938. The molecule has 1 aliphatic rings. The van der Waals surface area contributed by atoms with E-state index in [1.54, 1.807) is 0 Å². The maximum absolute atomic E-state index is 13.3. The van der Waals surface area contributed by atoms with Crippen LogP contribution in [0.5, 0.6) is 0 Å². The van der Waals surface area contributed by atoms with Crippen molar-refractivity contribution < 1.29 is 9.53 Å². The molecule has 1 fully saturated rings. The Hall–Kier alpha value is -2.14. The van der Waals surface area contributed by atoms with E-state index in [9.17, 15) is 4.79 Å². The van der Waals surface area contributed by atoms with Crippen LogP contribution in [0.2, 0.25) is 0 Å². The van der Waals surface area contributed by atoms with Gasteiger partial charge in [-0.2, -0.15) is 5.10 Å². The van der Waals surface area contributed by atoms with Gasteiger partial charge in [-0.25, -0.2) is 0 Å². The van der Waals surface area contributed by atoms with Gasteiger partial charge in [0.25, 0.3) is 0 Å². The van der Waals surface area contributed by atoms with Crippen molar-refractivity contribution in [3.05, 3.63) is 47.3 Å². The summed E-state index contributed by atoms with van der Waals surface area (Å²) in [6, 6.07) is 10.0. The molecule has 1 amide bonds. The van der Waals surface area contributed by atoms with Gasteiger partial charge >= 0.3 is 0 Å². The topological polar surface area (TPSA) is 56.2 Å². The molecule has 0 radical (unpaired) electrons. The molecule has 128 valence electrons. The van der Waals surface area contributed by atoms with Crippen molar-refractivity contribution in [1.29, 1.82) is 0 Å². The predicted molar refractivity (Wildman–Crippen MR) is 94.2 cm³/mol. The number of benzene rings is 1. The Labute approximate surface area is 143 Å². The van der Waals surface area contributed by atoms with Crippen molar-refractivity contribution in [1.82, 2.24) is 9.78 Å². The average Bonchev–Trinajstić information content (AvgIpc) is 2.90. The Morgan fingerprint density at radius 1 is 1.25 bits per heavy atom. The largest absolute Gasteiger partial charge is 0.381 e. The second kappa shape index (κ2) is 6.77. The van der Waals surface area contributed by atoms with Gasteiger partial charge in [-0.3, -0.25) is 9.48 Å². The van der Waals surface area contributed by atoms with E-state index in [1.165, 1.54) is 0 Å². The predicted octanol–water partition coefficient (Wildman–Crippen LogP) is 3.21. The van der Waals surface area contributed by atoms with Gasteiger partial charge < -0.3 is 10.1 Å². The van der Waals surface area contributed by atoms with Crippen LogP contribution in [0.3, 0.4) is 0 Å². The fraction of sp³-hybridized carbons (Fsp3) is 0.474. The molecular weight excluding hydrogens is 302 g/mol. The highest BCUT2D eigenvalue weighted by atomic mass is 16.5. The smallest absolute Gasteiger partial charge is 0.235 e. The number of hydrogen-bond donors (Lipinski definition) is 1. The first-order chi connectivity index (χ1) is 11.6. The van der Waals surface area contributed by atoms with Crippen LogP contribution in [0.25, 0.3) is 0 Å². The number of amides is 1. The number of carbonyl (C=O) groups is 1. The van der Waals surface area contributed by atoms with Crippen LogP contribution in [0, 0.1) is 13.8 Å². The molecule has 0 saturated carbocycles. The van der Waals surface area contributed by atoms with Crippen molar-refractivity contribution in [2.75, 3.05) is 18.5 Å². The Balaban J connectivity index is 1.95. The van der Waals surface area contributed by atoms with Crippen LogP contribution in [0.1, 0.15) is 36.7 Å². The molecule has 3 rings (SSSR count). The molecular formula is C19H25N3O2. The Morgan fingerprint density at radius 2 is 1.92 bits per heavy atom. The van der Waals surface area contributed by atoms with Crippen molar-refractivity contribution in [3.8, 4) is 0 Å². The fourth-order valence-corrected chi connectivity index (χ4v) is 3.54. The van der Waals surface area contributed by atoms with Crippen LogP contribution in [0.4, 0.5) is 5.69 Å². The zero-order valence-corrected chi connectivity index (χ0v) is 14.6. The minimum Gasteiger partial charge on any atom is -0.381 e. The molecule has 1 N–H and O–H groups in total. The van der Waals surface area contributed by atoms with Gasteiger partial charge in [-0.05, 0) is 39.2 Å². The number of carbonyl (C=O) groups excluding carboxylic acids is 1. The third-order valence-corrected chi connectivity index (χ3v) is 5.03. The van der Waals surface area contributed by atoms with Crippen LogP contribution in [-0.2, 0) is 21.5 Å². The number of anilines is 1. The lowest BCUT2D eigenvalue weighted by Gasteiger charge is -2.36. The number of nitrogens with one attached hydrogen (secondary N) is 1. The fourth-order valence-electron chi connectivity index (χ4n) is 3.54.